The van der Waals surface area contributed by atoms with Crippen molar-refractivity contribution >= 4 is 23.1 Å². The number of ether oxygens (including phenoxy) is 1. The average molecular weight is 446 g/mol. The minimum absolute atomic E-state index is 0.0257. The van der Waals surface area contributed by atoms with E-state index in [1.54, 1.807) is 18.4 Å². The molecule has 1 atom stereocenters. The van der Waals surface area contributed by atoms with Crippen molar-refractivity contribution in [1.82, 2.24) is 4.98 Å². The Morgan fingerprint density at radius 1 is 1.06 bits per heavy atom. The predicted octanol–water partition coefficient (Wildman–Crippen LogP) is 5.01. The maximum Gasteiger partial charge on any atom is 0.122 e. The molecule has 0 saturated heterocycles. The summed E-state index contributed by atoms with van der Waals surface area (Å²) in [4.78, 5) is 10.5. The van der Waals surface area contributed by atoms with Crippen LogP contribution in [0.25, 0.3) is 27.3 Å². The van der Waals surface area contributed by atoms with Crippen LogP contribution in [0.4, 0.5) is 0 Å². The smallest absolute Gasteiger partial charge is 0.122 e. The number of aromatic nitrogens is 1. The summed E-state index contributed by atoms with van der Waals surface area (Å²) in [5.41, 5.74) is 10.7. The van der Waals surface area contributed by atoms with E-state index in [4.69, 9.17) is 15.5 Å². The number of hydrogen-bond donors (Lipinski definition) is 2. The van der Waals surface area contributed by atoms with E-state index in [0.717, 1.165) is 44.3 Å². The van der Waals surface area contributed by atoms with Gasteiger partial charge in [0, 0.05) is 42.6 Å². The zero-order valence-electron chi connectivity index (χ0n) is 18.3. The van der Waals surface area contributed by atoms with Gasteiger partial charge >= 0.3 is 0 Å². The molecule has 0 spiro atoms. The number of nitrogens with two attached hydrogens (primary N) is 1. The first-order valence-corrected chi connectivity index (χ1v) is 11.6. The maximum absolute atomic E-state index is 10.2. The van der Waals surface area contributed by atoms with Crippen LogP contribution < -0.4 is 5.73 Å². The molecule has 32 heavy (non-hydrogen) atoms. The Bertz CT molecular complexity index is 1170. The van der Waals surface area contributed by atoms with Gasteiger partial charge in [0.15, 0.2) is 0 Å². The standard InChI is InChI=1S/C26H27N3O2S/c1-25(30)15-26(27,16-25)20-10-8-17(9-11-20)22-23(18-6-4-3-5-7-18)32-24(29-22)19-12-21(31-2)14-28-13-19/h3-11,13-14,21,30H,12,15-16,27H2,1-2H3/t21?,25-,26-. The zero-order valence-corrected chi connectivity index (χ0v) is 19.1. The van der Waals surface area contributed by atoms with Crippen molar-refractivity contribution in [2.24, 2.45) is 10.7 Å². The summed E-state index contributed by atoms with van der Waals surface area (Å²) >= 11 is 1.69. The van der Waals surface area contributed by atoms with Crippen molar-refractivity contribution in [2.75, 3.05) is 7.11 Å². The van der Waals surface area contributed by atoms with Gasteiger partial charge in [-0.15, -0.1) is 11.3 Å². The molecule has 3 N–H and O–H groups in total. The second-order valence-electron chi connectivity index (χ2n) is 9.08. The molecular weight excluding hydrogens is 418 g/mol. The molecule has 5 rings (SSSR count). The molecule has 2 heterocycles. The number of aliphatic hydroxyl groups is 1. The van der Waals surface area contributed by atoms with Gasteiger partial charge < -0.3 is 15.6 Å². The fourth-order valence-electron chi connectivity index (χ4n) is 4.75. The maximum atomic E-state index is 10.2. The highest BCUT2D eigenvalue weighted by atomic mass is 32.1. The number of hydrogen-bond acceptors (Lipinski definition) is 6. The molecule has 1 saturated carbocycles. The Morgan fingerprint density at radius 2 is 1.78 bits per heavy atom. The van der Waals surface area contributed by atoms with Crippen molar-refractivity contribution in [2.45, 2.75) is 43.4 Å². The second kappa shape index (κ2) is 8.05. The number of aliphatic imine (C=N–C) groups is 1. The minimum Gasteiger partial charge on any atom is -0.390 e. The van der Waals surface area contributed by atoms with Crippen molar-refractivity contribution in [3.63, 3.8) is 0 Å². The second-order valence-corrected chi connectivity index (χ2v) is 10.1. The van der Waals surface area contributed by atoms with Crippen molar-refractivity contribution in [3.05, 3.63) is 71.4 Å². The molecule has 0 amide bonds. The molecule has 1 aliphatic carbocycles. The average Bonchev–Trinajstić information content (AvgIpc) is 3.24. The molecule has 0 radical (unpaired) electrons. The normalized spacial score (nSPS) is 27.1. The van der Waals surface area contributed by atoms with Crippen LogP contribution in [0.1, 0.15) is 36.8 Å². The van der Waals surface area contributed by atoms with Crippen LogP contribution in [0, 0.1) is 0 Å². The van der Waals surface area contributed by atoms with Gasteiger partial charge in [-0.2, -0.15) is 0 Å². The van der Waals surface area contributed by atoms with Crippen molar-refractivity contribution in [1.29, 1.82) is 0 Å². The number of rotatable bonds is 5. The fraction of sp³-hybridized carbons (Fsp3) is 0.308. The van der Waals surface area contributed by atoms with E-state index >= 15 is 0 Å². The minimum atomic E-state index is -0.673. The molecule has 2 aromatic carbocycles. The van der Waals surface area contributed by atoms with E-state index in [0.29, 0.717) is 12.8 Å². The lowest BCUT2D eigenvalue weighted by Gasteiger charge is -2.49. The van der Waals surface area contributed by atoms with Crippen molar-refractivity contribution in [3.8, 4) is 21.7 Å². The van der Waals surface area contributed by atoms with Gasteiger partial charge in [-0.3, -0.25) is 4.99 Å². The van der Waals surface area contributed by atoms with Gasteiger partial charge in [0.05, 0.1) is 22.3 Å². The molecule has 164 valence electrons. The molecule has 1 fully saturated rings. The summed E-state index contributed by atoms with van der Waals surface area (Å²) in [5.74, 6) is 0. The fourth-order valence-corrected chi connectivity index (χ4v) is 5.86. The van der Waals surface area contributed by atoms with Gasteiger partial charge in [0.1, 0.15) is 5.01 Å². The topological polar surface area (TPSA) is 80.7 Å². The molecule has 1 unspecified atom stereocenters. The number of methoxy groups -OCH3 is 1. The third-order valence-corrected chi connectivity index (χ3v) is 7.45. The molecule has 6 heteroatoms. The van der Waals surface area contributed by atoms with E-state index in [9.17, 15) is 5.11 Å². The van der Waals surface area contributed by atoms with Gasteiger partial charge in [0.25, 0.3) is 0 Å². The van der Waals surface area contributed by atoms with Crippen LogP contribution in [0.5, 0.6) is 0 Å². The van der Waals surface area contributed by atoms with Gasteiger partial charge in [-0.25, -0.2) is 4.98 Å². The number of benzene rings is 2. The summed E-state index contributed by atoms with van der Waals surface area (Å²) in [6.07, 6.45) is 5.60. The van der Waals surface area contributed by atoms with Crippen LogP contribution in [-0.4, -0.2) is 35.1 Å². The van der Waals surface area contributed by atoms with E-state index in [1.807, 2.05) is 37.5 Å². The molecule has 5 nitrogen and oxygen atoms in total. The van der Waals surface area contributed by atoms with Crippen LogP contribution in [-0.2, 0) is 10.3 Å². The first-order valence-electron chi connectivity index (χ1n) is 10.8. The molecular formula is C26H27N3O2S. The summed E-state index contributed by atoms with van der Waals surface area (Å²) in [7, 11) is 1.70. The zero-order chi connectivity index (χ0) is 22.3. The molecule has 1 aromatic heterocycles. The monoisotopic (exact) mass is 445 g/mol. The summed E-state index contributed by atoms with van der Waals surface area (Å²) in [6, 6.07) is 18.7. The molecule has 1 aliphatic heterocycles. The van der Waals surface area contributed by atoms with Crippen LogP contribution in [0.15, 0.2) is 65.8 Å². The predicted molar refractivity (Wildman–Crippen MR) is 131 cm³/mol. The first kappa shape index (κ1) is 21.2. The number of nitrogens with zero attached hydrogens (tertiary/aromatic N) is 2. The summed E-state index contributed by atoms with van der Waals surface area (Å²) in [6.45, 7) is 1.84. The van der Waals surface area contributed by atoms with E-state index in [2.05, 4.69) is 41.4 Å². The Labute approximate surface area is 192 Å². The van der Waals surface area contributed by atoms with Crippen molar-refractivity contribution < 1.29 is 9.84 Å². The highest BCUT2D eigenvalue weighted by Gasteiger charge is 2.49. The Kier molecular flexibility index (Phi) is 5.34. The van der Waals surface area contributed by atoms with E-state index < -0.39 is 11.1 Å². The largest absolute Gasteiger partial charge is 0.390 e. The molecule has 0 bridgehead atoms. The number of thiazole rings is 1. The van der Waals surface area contributed by atoms with Gasteiger partial charge in [-0.1, -0.05) is 54.6 Å². The van der Waals surface area contributed by atoms with E-state index in [-0.39, 0.29) is 6.10 Å². The molecule has 3 aromatic rings. The Morgan fingerprint density at radius 3 is 2.44 bits per heavy atom. The molecule has 2 aliphatic rings. The third-order valence-electron chi connectivity index (χ3n) is 6.27. The van der Waals surface area contributed by atoms with Crippen LogP contribution >= 0.6 is 11.3 Å². The Balaban J connectivity index is 1.52. The highest BCUT2D eigenvalue weighted by Crippen LogP contribution is 2.47. The summed E-state index contributed by atoms with van der Waals surface area (Å²) in [5, 5.41) is 11.1. The highest BCUT2D eigenvalue weighted by molar-refractivity contribution is 7.16. The lowest BCUT2D eigenvalue weighted by atomic mass is 9.63. The third kappa shape index (κ3) is 3.95. The van der Waals surface area contributed by atoms with Crippen LogP contribution in [0.2, 0.25) is 0 Å². The SMILES string of the molecule is COC1C=NC=C(c2nc(-c3ccc([C@]4(N)C[C@](C)(O)C4)cc3)c(-c3ccccc3)s2)C1. The Hall–Kier alpha value is -2.64. The summed E-state index contributed by atoms with van der Waals surface area (Å²) < 4.78 is 5.48. The van der Waals surface area contributed by atoms with E-state index in [1.165, 1.54) is 0 Å². The van der Waals surface area contributed by atoms with Gasteiger partial charge in [-0.05, 0) is 30.9 Å². The quantitative estimate of drug-likeness (QED) is 0.579. The van der Waals surface area contributed by atoms with Crippen LogP contribution in [0.3, 0.4) is 0 Å². The first-order chi connectivity index (χ1) is 15.4. The van der Waals surface area contributed by atoms with Gasteiger partial charge in [0.2, 0.25) is 0 Å². The lowest BCUT2D eigenvalue weighted by molar-refractivity contribution is -0.0738. The lowest BCUT2D eigenvalue weighted by Crippen LogP contribution is -2.58.